The van der Waals surface area contributed by atoms with Crippen LogP contribution in [0.4, 0.5) is 0 Å². The van der Waals surface area contributed by atoms with Crippen LogP contribution in [0.1, 0.15) is 98.8 Å². The summed E-state index contributed by atoms with van der Waals surface area (Å²) in [7, 11) is 0. The largest absolute Gasteiger partial charge is 0.300 e. The van der Waals surface area contributed by atoms with Crippen LogP contribution in [0.2, 0.25) is 0 Å². The van der Waals surface area contributed by atoms with Gasteiger partial charge in [-0.05, 0) is 86.1 Å². The van der Waals surface area contributed by atoms with Crippen molar-refractivity contribution in [1.82, 2.24) is 0 Å². The Kier molecular flexibility index (Phi) is 9.21. The van der Waals surface area contributed by atoms with E-state index >= 15 is 0 Å². The lowest BCUT2D eigenvalue weighted by Gasteiger charge is -2.32. The van der Waals surface area contributed by atoms with Gasteiger partial charge < -0.3 is 0 Å². The molecule has 0 fully saturated rings. The van der Waals surface area contributed by atoms with Crippen LogP contribution in [-0.4, -0.2) is 17.3 Å². The van der Waals surface area contributed by atoms with Crippen LogP contribution >= 0.6 is 0 Å². The summed E-state index contributed by atoms with van der Waals surface area (Å²) in [6, 6.07) is 10.9. The fourth-order valence-corrected chi connectivity index (χ4v) is 6.24. The van der Waals surface area contributed by atoms with E-state index in [4.69, 9.17) is 0 Å². The minimum atomic E-state index is -0.101. The van der Waals surface area contributed by atoms with Gasteiger partial charge in [0.1, 0.15) is 11.6 Å². The fraction of sp³-hybridized carbons (Fsp3) is 0.531. The normalized spacial score (nSPS) is 17.1. The highest BCUT2D eigenvalue weighted by Gasteiger charge is 2.34. The third kappa shape index (κ3) is 6.18. The van der Waals surface area contributed by atoms with E-state index in [0.717, 1.165) is 49.7 Å². The first-order valence-electron chi connectivity index (χ1n) is 13.5. The van der Waals surface area contributed by atoms with Crippen LogP contribution in [0.3, 0.4) is 0 Å². The van der Waals surface area contributed by atoms with Gasteiger partial charge in [0.05, 0.1) is 6.42 Å². The molecule has 188 valence electrons. The van der Waals surface area contributed by atoms with Crippen LogP contribution in [0.15, 0.2) is 30.3 Å². The topological polar surface area (TPSA) is 51.2 Å². The minimum Gasteiger partial charge on any atom is -0.300 e. The number of benzene rings is 2. The lowest BCUT2D eigenvalue weighted by atomic mass is 9.71. The number of aryl methyl sites for hydroxylation is 3. The van der Waals surface area contributed by atoms with Crippen molar-refractivity contribution in [3.8, 4) is 11.1 Å². The number of hydrogen-bond donors (Lipinski definition) is 0. The maximum absolute atomic E-state index is 13.5. The minimum absolute atomic E-state index is 0.0294. The van der Waals surface area contributed by atoms with Gasteiger partial charge in [-0.1, -0.05) is 69.5 Å². The molecule has 0 aliphatic heterocycles. The van der Waals surface area contributed by atoms with Crippen LogP contribution in [0.5, 0.6) is 0 Å². The zero-order valence-electron chi connectivity index (χ0n) is 22.5. The first-order valence-corrected chi connectivity index (χ1v) is 13.5. The van der Waals surface area contributed by atoms with Crippen LogP contribution in [0.25, 0.3) is 11.1 Å². The number of carbonyl (C=O) groups is 3. The van der Waals surface area contributed by atoms with Crippen LogP contribution < -0.4 is 0 Å². The Morgan fingerprint density at radius 3 is 2.37 bits per heavy atom. The Hall–Kier alpha value is -2.55. The standard InChI is InChI=1S/C32H42O3/c1-7-10-25(26(9-3)30(34)16-22(6)33)17-23-18-29-27(14-12-21(5)32(29)31(35)19-23)28-15-20(4)11-13-24(28)8-2/h11-15,23,25-26H,7-10,16-19H2,1-6H3. The molecule has 0 N–H and O–H groups in total. The van der Waals surface area contributed by atoms with E-state index in [2.05, 4.69) is 58.0 Å². The van der Waals surface area contributed by atoms with E-state index in [1.807, 2.05) is 6.92 Å². The maximum atomic E-state index is 13.5. The number of carbonyl (C=O) groups excluding carboxylic acids is 3. The molecule has 0 spiro atoms. The van der Waals surface area contributed by atoms with Gasteiger partial charge in [-0.2, -0.15) is 0 Å². The number of hydrogen-bond acceptors (Lipinski definition) is 3. The summed E-state index contributed by atoms with van der Waals surface area (Å²) in [5.41, 5.74) is 8.12. The average molecular weight is 475 g/mol. The van der Waals surface area contributed by atoms with Gasteiger partial charge in [0, 0.05) is 17.9 Å². The lowest BCUT2D eigenvalue weighted by Crippen LogP contribution is -2.30. The Labute approximate surface area is 211 Å². The molecule has 2 aromatic carbocycles. The first-order chi connectivity index (χ1) is 16.7. The zero-order valence-corrected chi connectivity index (χ0v) is 22.5. The van der Waals surface area contributed by atoms with E-state index < -0.39 is 0 Å². The molecule has 3 nitrogen and oxygen atoms in total. The summed E-state index contributed by atoms with van der Waals surface area (Å²) in [5.74, 6) is 0.589. The van der Waals surface area contributed by atoms with Crippen molar-refractivity contribution >= 4 is 17.3 Å². The van der Waals surface area contributed by atoms with Crippen LogP contribution in [-0.2, 0) is 22.4 Å². The van der Waals surface area contributed by atoms with Crippen molar-refractivity contribution in [3.63, 3.8) is 0 Å². The van der Waals surface area contributed by atoms with Crippen molar-refractivity contribution in [1.29, 1.82) is 0 Å². The van der Waals surface area contributed by atoms with Gasteiger partial charge in [-0.3, -0.25) is 14.4 Å². The summed E-state index contributed by atoms with van der Waals surface area (Å²) < 4.78 is 0. The second-order valence-electron chi connectivity index (χ2n) is 10.6. The lowest BCUT2D eigenvalue weighted by molar-refractivity contribution is -0.129. The SMILES string of the molecule is CCCC(CC1CC(=O)c2c(C)ccc(-c3cc(C)ccc3CC)c2C1)C(CC)C(=O)CC(C)=O. The van der Waals surface area contributed by atoms with Gasteiger partial charge in [0.25, 0.3) is 0 Å². The number of fused-ring (bicyclic) bond motifs is 1. The molecule has 0 saturated carbocycles. The predicted octanol–water partition coefficient (Wildman–Crippen LogP) is 7.66. The molecule has 0 radical (unpaired) electrons. The first kappa shape index (κ1) is 27.0. The summed E-state index contributed by atoms with van der Waals surface area (Å²) in [6.45, 7) is 12.1. The van der Waals surface area contributed by atoms with Gasteiger partial charge in [-0.25, -0.2) is 0 Å². The summed E-state index contributed by atoms with van der Waals surface area (Å²) in [4.78, 5) is 38.0. The van der Waals surface area contributed by atoms with Crippen molar-refractivity contribution in [2.45, 2.75) is 92.9 Å². The van der Waals surface area contributed by atoms with Gasteiger partial charge in [-0.15, -0.1) is 0 Å². The monoisotopic (exact) mass is 474 g/mol. The molecule has 3 heteroatoms. The second kappa shape index (κ2) is 11.9. The van der Waals surface area contributed by atoms with E-state index in [0.29, 0.717) is 6.42 Å². The molecule has 3 rings (SSSR count). The van der Waals surface area contributed by atoms with Gasteiger partial charge in [0.2, 0.25) is 0 Å². The van der Waals surface area contributed by atoms with Crippen LogP contribution in [0, 0.1) is 31.6 Å². The predicted molar refractivity (Wildman–Crippen MR) is 144 cm³/mol. The molecule has 0 bridgehead atoms. The van der Waals surface area contributed by atoms with Crippen molar-refractivity contribution in [3.05, 3.63) is 58.1 Å². The Morgan fingerprint density at radius 2 is 1.74 bits per heavy atom. The quantitative estimate of drug-likeness (QED) is 0.314. The third-order valence-corrected chi connectivity index (χ3v) is 7.84. The van der Waals surface area contributed by atoms with E-state index in [1.54, 1.807) is 0 Å². The highest BCUT2D eigenvalue weighted by molar-refractivity contribution is 6.02. The van der Waals surface area contributed by atoms with E-state index in [9.17, 15) is 14.4 Å². The van der Waals surface area contributed by atoms with Gasteiger partial charge >= 0.3 is 0 Å². The average Bonchev–Trinajstić information content (AvgIpc) is 2.79. The molecule has 2 aromatic rings. The van der Waals surface area contributed by atoms with Gasteiger partial charge in [0.15, 0.2) is 5.78 Å². The van der Waals surface area contributed by atoms with E-state index in [-0.39, 0.29) is 41.5 Å². The number of Topliss-reactive ketones (excluding diaryl/α,β-unsaturated/α-hetero) is 3. The molecule has 3 unspecified atom stereocenters. The summed E-state index contributed by atoms with van der Waals surface area (Å²) in [6.07, 6.45) is 5.96. The smallest absolute Gasteiger partial charge is 0.163 e. The summed E-state index contributed by atoms with van der Waals surface area (Å²) >= 11 is 0. The number of ketones is 3. The molecule has 35 heavy (non-hydrogen) atoms. The molecule has 3 atom stereocenters. The fourth-order valence-electron chi connectivity index (χ4n) is 6.24. The number of rotatable bonds is 11. The molecule has 1 aliphatic carbocycles. The Morgan fingerprint density at radius 1 is 1.00 bits per heavy atom. The Balaban J connectivity index is 1.98. The van der Waals surface area contributed by atoms with Crippen molar-refractivity contribution in [2.24, 2.45) is 17.8 Å². The molecule has 0 aromatic heterocycles. The maximum Gasteiger partial charge on any atom is 0.163 e. The highest BCUT2D eigenvalue weighted by atomic mass is 16.1. The molecule has 0 saturated heterocycles. The molecule has 0 amide bonds. The zero-order chi connectivity index (χ0) is 25.7. The van der Waals surface area contributed by atoms with E-state index in [1.165, 1.54) is 34.7 Å². The molecule has 1 aliphatic rings. The third-order valence-electron chi connectivity index (χ3n) is 7.84. The van der Waals surface area contributed by atoms with Crippen molar-refractivity contribution < 1.29 is 14.4 Å². The molecule has 0 heterocycles. The van der Waals surface area contributed by atoms with Crippen molar-refractivity contribution in [2.75, 3.05) is 0 Å². The molecular formula is C32H42O3. The Bertz CT molecular complexity index is 1090. The summed E-state index contributed by atoms with van der Waals surface area (Å²) in [5, 5.41) is 0. The molecular weight excluding hydrogens is 432 g/mol. The highest BCUT2D eigenvalue weighted by Crippen LogP contribution is 2.41. The second-order valence-corrected chi connectivity index (χ2v) is 10.6.